The summed E-state index contributed by atoms with van der Waals surface area (Å²) >= 11 is 0. The average Bonchev–Trinajstić information content (AvgIpc) is 2.17. The lowest BCUT2D eigenvalue weighted by molar-refractivity contribution is -0.139. The Hall–Kier alpha value is -2.04. The first-order valence-electron chi connectivity index (χ1n) is 3.91. The summed E-state index contributed by atoms with van der Waals surface area (Å²) in [5.41, 5.74) is 0.649. The van der Waals surface area contributed by atoms with E-state index in [1.54, 1.807) is 24.3 Å². The average molecular weight is 194 g/mol. The lowest BCUT2D eigenvalue weighted by Crippen LogP contribution is -2.10. The number of nitrogens with zero attached hydrogens (tertiary/aromatic N) is 1. The zero-order chi connectivity index (χ0) is 10.4. The number of carboxylic acid groups (broad SMARTS) is 1. The van der Waals surface area contributed by atoms with E-state index in [0.29, 0.717) is 11.3 Å². The lowest BCUT2D eigenvalue weighted by atomic mass is 10.2. The summed E-state index contributed by atoms with van der Waals surface area (Å²) in [7, 11) is 0. The Bertz CT molecular complexity index is 350. The molecule has 0 amide bonds. The van der Waals surface area contributed by atoms with Crippen LogP contribution in [-0.2, 0) is 4.79 Å². The van der Waals surface area contributed by atoms with Gasteiger partial charge in [0, 0.05) is 5.56 Å². The third-order valence-corrected chi connectivity index (χ3v) is 1.48. The number of ether oxygens (including phenoxy) is 1. The van der Waals surface area contributed by atoms with Crippen LogP contribution in [0.15, 0.2) is 29.4 Å². The molecule has 74 valence electrons. The maximum Gasteiger partial charge on any atom is 0.341 e. The Morgan fingerprint density at radius 3 is 2.93 bits per heavy atom. The molecule has 0 atom stereocenters. The number of hydrazone groups is 1. The summed E-state index contributed by atoms with van der Waals surface area (Å²) in [6.45, 7) is -0.380. The van der Waals surface area contributed by atoms with Crippen LogP contribution < -0.4 is 10.6 Å². The molecular formula is C9H10N2O3. The molecule has 0 aromatic heterocycles. The molecular weight excluding hydrogens is 184 g/mol. The van der Waals surface area contributed by atoms with Crippen molar-refractivity contribution in [1.82, 2.24) is 0 Å². The molecule has 0 saturated carbocycles. The highest BCUT2D eigenvalue weighted by molar-refractivity contribution is 5.83. The Kier molecular flexibility index (Phi) is 3.49. The number of para-hydroxylation sites is 1. The molecule has 0 aliphatic heterocycles. The van der Waals surface area contributed by atoms with Crippen molar-refractivity contribution < 1.29 is 14.6 Å². The normalized spacial score (nSPS) is 10.3. The van der Waals surface area contributed by atoms with Crippen LogP contribution in [0.4, 0.5) is 0 Å². The number of carboxylic acids is 1. The lowest BCUT2D eigenvalue weighted by Gasteiger charge is -2.05. The van der Waals surface area contributed by atoms with Gasteiger partial charge in [0.05, 0.1) is 6.21 Å². The maximum absolute atomic E-state index is 10.3. The molecule has 14 heavy (non-hydrogen) atoms. The van der Waals surface area contributed by atoms with Gasteiger partial charge >= 0.3 is 5.97 Å². The fourth-order valence-corrected chi connectivity index (χ4v) is 0.938. The molecule has 0 spiro atoms. The molecule has 0 radical (unpaired) electrons. The second-order valence-electron chi connectivity index (χ2n) is 2.50. The van der Waals surface area contributed by atoms with Crippen molar-refractivity contribution in [1.29, 1.82) is 0 Å². The number of carbonyl (C=O) groups is 1. The summed E-state index contributed by atoms with van der Waals surface area (Å²) in [6, 6.07) is 6.91. The van der Waals surface area contributed by atoms with E-state index >= 15 is 0 Å². The van der Waals surface area contributed by atoms with Crippen LogP contribution in [0.3, 0.4) is 0 Å². The fraction of sp³-hybridized carbons (Fsp3) is 0.111. The first-order valence-corrected chi connectivity index (χ1v) is 3.91. The third-order valence-electron chi connectivity index (χ3n) is 1.48. The SMILES string of the molecule is NN=Cc1ccccc1OCC(=O)O. The van der Waals surface area contributed by atoms with E-state index in [0.717, 1.165) is 0 Å². The van der Waals surface area contributed by atoms with Crippen LogP contribution in [0.5, 0.6) is 5.75 Å². The summed E-state index contributed by atoms with van der Waals surface area (Å²) in [5.74, 6) is 4.41. The molecule has 0 aliphatic rings. The molecule has 5 heteroatoms. The summed E-state index contributed by atoms with van der Waals surface area (Å²) in [4.78, 5) is 10.3. The van der Waals surface area contributed by atoms with E-state index in [9.17, 15) is 4.79 Å². The van der Waals surface area contributed by atoms with Gasteiger partial charge in [-0.15, -0.1) is 0 Å². The van der Waals surface area contributed by atoms with E-state index < -0.39 is 5.97 Å². The minimum atomic E-state index is -1.02. The molecule has 1 aromatic carbocycles. The van der Waals surface area contributed by atoms with E-state index in [1.165, 1.54) is 6.21 Å². The molecule has 0 aliphatic carbocycles. The first-order chi connectivity index (χ1) is 6.74. The van der Waals surface area contributed by atoms with Crippen molar-refractivity contribution in [3.8, 4) is 5.75 Å². The smallest absolute Gasteiger partial charge is 0.341 e. The van der Waals surface area contributed by atoms with E-state index in [-0.39, 0.29) is 6.61 Å². The number of benzene rings is 1. The van der Waals surface area contributed by atoms with Crippen molar-refractivity contribution in [2.75, 3.05) is 6.61 Å². The highest BCUT2D eigenvalue weighted by Crippen LogP contribution is 2.15. The molecule has 3 N–H and O–H groups in total. The Labute approximate surface area is 80.8 Å². The summed E-state index contributed by atoms with van der Waals surface area (Å²) < 4.78 is 5.00. The number of hydrogen-bond acceptors (Lipinski definition) is 4. The topological polar surface area (TPSA) is 84.9 Å². The van der Waals surface area contributed by atoms with Gasteiger partial charge < -0.3 is 15.7 Å². The van der Waals surface area contributed by atoms with Crippen LogP contribution in [0.1, 0.15) is 5.56 Å². The van der Waals surface area contributed by atoms with Crippen molar-refractivity contribution in [3.63, 3.8) is 0 Å². The van der Waals surface area contributed by atoms with Gasteiger partial charge in [0.2, 0.25) is 0 Å². The van der Waals surface area contributed by atoms with Crippen LogP contribution in [0.25, 0.3) is 0 Å². The predicted octanol–water partition coefficient (Wildman–Crippen LogP) is 0.443. The Balaban J connectivity index is 2.79. The van der Waals surface area contributed by atoms with Crippen LogP contribution in [0, 0.1) is 0 Å². The molecule has 5 nitrogen and oxygen atoms in total. The quantitative estimate of drug-likeness (QED) is 0.414. The molecule has 0 fully saturated rings. The standard InChI is InChI=1S/C9H10N2O3/c10-11-5-7-3-1-2-4-8(7)14-6-9(12)13/h1-5H,6,10H2,(H,12,13). The second kappa shape index (κ2) is 4.86. The van der Waals surface area contributed by atoms with Gasteiger partial charge in [-0.05, 0) is 12.1 Å². The number of nitrogens with two attached hydrogens (primary N) is 1. The molecule has 0 unspecified atom stereocenters. The maximum atomic E-state index is 10.3. The molecule has 1 rings (SSSR count). The van der Waals surface area contributed by atoms with E-state index in [2.05, 4.69) is 5.10 Å². The van der Waals surface area contributed by atoms with Crippen LogP contribution in [0.2, 0.25) is 0 Å². The van der Waals surface area contributed by atoms with E-state index in [1.807, 2.05) is 0 Å². The largest absolute Gasteiger partial charge is 0.481 e. The summed E-state index contributed by atoms with van der Waals surface area (Å²) in [6.07, 6.45) is 1.40. The highest BCUT2D eigenvalue weighted by Gasteiger charge is 2.02. The summed E-state index contributed by atoms with van der Waals surface area (Å²) in [5, 5.41) is 11.8. The number of hydrogen-bond donors (Lipinski definition) is 2. The van der Waals surface area contributed by atoms with Gasteiger partial charge in [0.25, 0.3) is 0 Å². The predicted molar refractivity (Wildman–Crippen MR) is 51.4 cm³/mol. The van der Waals surface area contributed by atoms with Crippen molar-refractivity contribution in [3.05, 3.63) is 29.8 Å². The van der Waals surface area contributed by atoms with Gasteiger partial charge in [-0.25, -0.2) is 4.79 Å². The van der Waals surface area contributed by atoms with Gasteiger partial charge in [-0.2, -0.15) is 5.10 Å². The zero-order valence-electron chi connectivity index (χ0n) is 7.38. The van der Waals surface area contributed by atoms with Gasteiger partial charge in [0.1, 0.15) is 5.75 Å². The van der Waals surface area contributed by atoms with E-state index in [4.69, 9.17) is 15.7 Å². The van der Waals surface area contributed by atoms with Crippen molar-refractivity contribution in [2.45, 2.75) is 0 Å². The van der Waals surface area contributed by atoms with Gasteiger partial charge in [-0.1, -0.05) is 12.1 Å². The number of rotatable bonds is 4. The molecule has 0 bridgehead atoms. The Morgan fingerprint density at radius 2 is 2.29 bits per heavy atom. The first kappa shape index (κ1) is 10.0. The highest BCUT2D eigenvalue weighted by atomic mass is 16.5. The minimum absolute atomic E-state index is 0.380. The van der Waals surface area contributed by atoms with Crippen molar-refractivity contribution >= 4 is 12.2 Å². The molecule has 0 heterocycles. The zero-order valence-corrected chi connectivity index (χ0v) is 7.38. The second-order valence-corrected chi connectivity index (χ2v) is 2.50. The van der Waals surface area contributed by atoms with Crippen LogP contribution in [-0.4, -0.2) is 23.9 Å². The molecule has 1 aromatic rings. The van der Waals surface area contributed by atoms with Gasteiger partial charge in [-0.3, -0.25) is 0 Å². The van der Waals surface area contributed by atoms with Crippen LogP contribution >= 0.6 is 0 Å². The number of aliphatic carboxylic acids is 1. The molecule has 0 saturated heterocycles. The third kappa shape index (κ3) is 2.78. The minimum Gasteiger partial charge on any atom is -0.481 e. The fourth-order valence-electron chi connectivity index (χ4n) is 0.938. The Morgan fingerprint density at radius 1 is 1.57 bits per heavy atom. The monoisotopic (exact) mass is 194 g/mol. The van der Waals surface area contributed by atoms with Gasteiger partial charge in [0.15, 0.2) is 6.61 Å². The van der Waals surface area contributed by atoms with Crippen molar-refractivity contribution in [2.24, 2.45) is 10.9 Å².